The van der Waals surface area contributed by atoms with Crippen LogP contribution in [0.5, 0.6) is 0 Å². The van der Waals surface area contributed by atoms with Gasteiger partial charge in [-0.25, -0.2) is 9.97 Å². The van der Waals surface area contributed by atoms with Crippen molar-refractivity contribution >= 4 is 35.0 Å². The molecule has 0 aliphatic carbocycles. The number of nitrogens with one attached hydrogen (secondary N) is 1. The lowest BCUT2D eigenvalue weighted by molar-refractivity contribution is -0.110. The van der Waals surface area contributed by atoms with E-state index in [1.165, 1.54) is 6.33 Å². The van der Waals surface area contributed by atoms with Gasteiger partial charge in [0.2, 0.25) is 0 Å². The van der Waals surface area contributed by atoms with Gasteiger partial charge in [0.25, 0.3) is 5.91 Å². The Morgan fingerprint density at radius 1 is 1.22 bits per heavy atom. The van der Waals surface area contributed by atoms with Gasteiger partial charge in [0.1, 0.15) is 17.3 Å². The minimum absolute atomic E-state index is 0.232. The molecule has 2 aromatic rings. The number of aromatic nitrogens is 3. The maximum absolute atomic E-state index is 11.9. The van der Waals surface area contributed by atoms with E-state index >= 15 is 0 Å². The van der Waals surface area contributed by atoms with Crippen LogP contribution in [-0.4, -0.2) is 20.9 Å². The van der Waals surface area contributed by atoms with Crippen LogP contribution in [0, 0.1) is 0 Å². The average molecular weight is 259 g/mol. The summed E-state index contributed by atoms with van der Waals surface area (Å²) in [6, 6.07) is 3.60. The van der Waals surface area contributed by atoms with Crippen molar-refractivity contribution < 1.29 is 4.79 Å². The van der Waals surface area contributed by atoms with Gasteiger partial charge in [-0.3, -0.25) is 9.78 Å². The first-order valence-electron chi connectivity index (χ1n) is 5.19. The Kier molecular flexibility index (Phi) is 2.53. The standard InChI is InChI=1S/C12H7ClN4O/c13-10-9-8(5-7-1-3-14-4-2-7)12(18)17-11(9)16-6-15-10/h1-6H,(H,15,16,17,18)/b8-5-. The highest BCUT2D eigenvalue weighted by Crippen LogP contribution is 2.35. The summed E-state index contributed by atoms with van der Waals surface area (Å²) in [6.45, 7) is 0. The molecule has 0 bridgehead atoms. The predicted octanol–water partition coefficient (Wildman–Crippen LogP) is 2.02. The zero-order chi connectivity index (χ0) is 12.5. The van der Waals surface area contributed by atoms with Crippen LogP contribution >= 0.6 is 11.6 Å². The third-order valence-electron chi connectivity index (χ3n) is 2.56. The maximum atomic E-state index is 11.9. The van der Waals surface area contributed by atoms with E-state index in [0.717, 1.165) is 5.56 Å². The van der Waals surface area contributed by atoms with E-state index in [1.807, 2.05) is 0 Å². The molecule has 0 saturated heterocycles. The Morgan fingerprint density at radius 3 is 2.78 bits per heavy atom. The highest BCUT2D eigenvalue weighted by molar-refractivity contribution is 6.40. The van der Waals surface area contributed by atoms with Crippen molar-refractivity contribution in [1.29, 1.82) is 0 Å². The molecule has 3 rings (SSSR count). The second kappa shape index (κ2) is 4.19. The van der Waals surface area contributed by atoms with E-state index in [2.05, 4.69) is 20.3 Å². The SMILES string of the molecule is O=C1Nc2ncnc(Cl)c2/C1=C/c1ccncc1. The van der Waals surface area contributed by atoms with Crippen molar-refractivity contribution in [3.63, 3.8) is 0 Å². The Hall–Kier alpha value is -2.27. The molecule has 0 unspecified atom stereocenters. The molecule has 1 N–H and O–H groups in total. The molecule has 0 aromatic carbocycles. The lowest BCUT2D eigenvalue weighted by atomic mass is 10.1. The van der Waals surface area contributed by atoms with Gasteiger partial charge < -0.3 is 5.32 Å². The number of fused-ring (bicyclic) bond motifs is 1. The maximum Gasteiger partial charge on any atom is 0.257 e. The smallest absolute Gasteiger partial charge is 0.257 e. The lowest BCUT2D eigenvalue weighted by Gasteiger charge is -1.99. The van der Waals surface area contributed by atoms with Crippen LogP contribution in [0.1, 0.15) is 11.1 Å². The number of nitrogens with zero attached hydrogens (tertiary/aromatic N) is 3. The molecule has 5 nitrogen and oxygen atoms in total. The Morgan fingerprint density at radius 2 is 2.00 bits per heavy atom. The van der Waals surface area contributed by atoms with Crippen molar-refractivity contribution in [1.82, 2.24) is 15.0 Å². The first kappa shape index (κ1) is 10.9. The van der Waals surface area contributed by atoms with Crippen LogP contribution in [0.2, 0.25) is 5.15 Å². The van der Waals surface area contributed by atoms with Gasteiger partial charge in [-0.15, -0.1) is 0 Å². The normalized spacial score (nSPS) is 15.6. The van der Waals surface area contributed by atoms with Crippen LogP contribution in [0.25, 0.3) is 11.6 Å². The van der Waals surface area contributed by atoms with Gasteiger partial charge in [-0.1, -0.05) is 11.6 Å². The van der Waals surface area contributed by atoms with Crippen LogP contribution < -0.4 is 5.32 Å². The molecule has 0 radical (unpaired) electrons. The average Bonchev–Trinajstić information content (AvgIpc) is 2.69. The summed E-state index contributed by atoms with van der Waals surface area (Å²) >= 11 is 6.00. The molecule has 6 heteroatoms. The first-order valence-corrected chi connectivity index (χ1v) is 5.57. The van der Waals surface area contributed by atoms with Crippen molar-refractivity contribution in [2.75, 3.05) is 5.32 Å². The third-order valence-corrected chi connectivity index (χ3v) is 2.85. The number of amides is 1. The monoisotopic (exact) mass is 258 g/mol. The number of carbonyl (C=O) groups excluding carboxylic acids is 1. The largest absolute Gasteiger partial charge is 0.306 e. The van der Waals surface area contributed by atoms with Crippen LogP contribution in [0.15, 0.2) is 30.9 Å². The molecule has 0 fully saturated rings. The van der Waals surface area contributed by atoms with Crippen LogP contribution in [-0.2, 0) is 4.79 Å². The molecule has 3 heterocycles. The van der Waals surface area contributed by atoms with Gasteiger partial charge in [0.05, 0.1) is 11.1 Å². The predicted molar refractivity (Wildman–Crippen MR) is 67.8 cm³/mol. The summed E-state index contributed by atoms with van der Waals surface area (Å²) in [6.07, 6.45) is 6.36. The summed E-state index contributed by atoms with van der Waals surface area (Å²) in [5, 5.41) is 2.91. The molecular weight excluding hydrogens is 252 g/mol. The van der Waals surface area contributed by atoms with Crippen molar-refractivity contribution in [2.45, 2.75) is 0 Å². The highest BCUT2D eigenvalue weighted by atomic mass is 35.5. The van der Waals surface area contributed by atoms with Gasteiger partial charge >= 0.3 is 0 Å². The number of anilines is 1. The molecule has 2 aromatic heterocycles. The number of hydrogen-bond acceptors (Lipinski definition) is 4. The second-order valence-corrected chi connectivity index (χ2v) is 4.04. The highest BCUT2D eigenvalue weighted by Gasteiger charge is 2.28. The topological polar surface area (TPSA) is 67.8 Å². The first-order chi connectivity index (χ1) is 8.75. The summed E-state index contributed by atoms with van der Waals surface area (Å²) in [5.41, 5.74) is 1.87. The minimum Gasteiger partial charge on any atom is -0.306 e. The van der Waals surface area contributed by atoms with Crippen molar-refractivity contribution in [3.05, 3.63) is 47.1 Å². The quantitative estimate of drug-likeness (QED) is 0.628. The molecule has 1 aliphatic rings. The molecule has 0 saturated carbocycles. The van der Waals surface area contributed by atoms with E-state index in [0.29, 0.717) is 17.0 Å². The fraction of sp³-hybridized carbons (Fsp3) is 0. The molecule has 1 aliphatic heterocycles. The summed E-state index contributed by atoms with van der Waals surface area (Å²) in [4.78, 5) is 23.7. The van der Waals surface area contributed by atoms with Gasteiger partial charge in [-0.2, -0.15) is 0 Å². The zero-order valence-corrected chi connectivity index (χ0v) is 9.85. The number of rotatable bonds is 1. The zero-order valence-electron chi connectivity index (χ0n) is 9.09. The fourth-order valence-corrected chi connectivity index (χ4v) is 1.98. The number of halogens is 1. The van der Waals surface area contributed by atoms with Gasteiger partial charge in [0.15, 0.2) is 0 Å². The van der Waals surface area contributed by atoms with Crippen molar-refractivity contribution in [3.8, 4) is 0 Å². The van der Waals surface area contributed by atoms with E-state index in [9.17, 15) is 4.79 Å². The van der Waals surface area contributed by atoms with Crippen LogP contribution in [0.3, 0.4) is 0 Å². The summed E-state index contributed by atoms with van der Waals surface area (Å²) in [5.74, 6) is 0.213. The van der Waals surface area contributed by atoms with E-state index in [-0.39, 0.29) is 11.1 Å². The van der Waals surface area contributed by atoms with Gasteiger partial charge in [-0.05, 0) is 23.8 Å². The Balaban J connectivity index is 2.15. The molecule has 0 spiro atoms. The Bertz CT molecular complexity index is 654. The third kappa shape index (κ3) is 1.74. The molecule has 1 amide bonds. The molecule has 88 valence electrons. The summed E-state index contributed by atoms with van der Waals surface area (Å²) in [7, 11) is 0. The van der Waals surface area contributed by atoms with Gasteiger partial charge in [0, 0.05) is 12.4 Å². The minimum atomic E-state index is -0.232. The van der Waals surface area contributed by atoms with Crippen LogP contribution in [0.4, 0.5) is 5.82 Å². The Labute approximate surface area is 108 Å². The lowest BCUT2D eigenvalue weighted by Crippen LogP contribution is -2.04. The molecule has 18 heavy (non-hydrogen) atoms. The van der Waals surface area contributed by atoms with E-state index in [1.54, 1.807) is 30.6 Å². The molecule has 0 atom stereocenters. The van der Waals surface area contributed by atoms with Crippen molar-refractivity contribution in [2.24, 2.45) is 0 Å². The second-order valence-electron chi connectivity index (χ2n) is 3.68. The number of hydrogen-bond donors (Lipinski definition) is 1. The van der Waals surface area contributed by atoms with E-state index in [4.69, 9.17) is 11.6 Å². The number of carbonyl (C=O) groups is 1. The molecular formula is C12H7ClN4O. The van der Waals surface area contributed by atoms with E-state index < -0.39 is 0 Å². The summed E-state index contributed by atoms with van der Waals surface area (Å²) < 4.78 is 0. The fourth-order valence-electron chi connectivity index (χ4n) is 1.75. The number of pyridine rings is 1.